The Hall–Kier alpha value is -3.54. The third kappa shape index (κ3) is 5.29. The SMILES string of the molecule is O=C(CCNc1ccc(C(F)(F)F)cc1[N+](=O)[O-])Nc1nc(-c2ccccn2)cs1. The van der Waals surface area contributed by atoms with Gasteiger partial charge in [-0.05, 0) is 24.3 Å². The van der Waals surface area contributed by atoms with E-state index in [4.69, 9.17) is 0 Å². The fraction of sp³-hybridized carbons (Fsp3) is 0.167. The van der Waals surface area contributed by atoms with Gasteiger partial charge >= 0.3 is 6.18 Å². The Balaban J connectivity index is 1.57. The third-order valence-electron chi connectivity index (χ3n) is 3.87. The number of carbonyl (C=O) groups excluding carboxylic acids is 1. The predicted octanol–water partition coefficient (Wildman–Crippen LogP) is 4.57. The fourth-order valence-corrected chi connectivity index (χ4v) is 3.18. The van der Waals surface area contributed by atoms with Gasteiger partial charge in [0.2, 0.25) is 5.91 Å². The number of thiazole rings is 1. The van der Waals surface area contributed by atoms with Gasteiger partial charge in [0, 0.05) is 30.6 Å². The molecule has 1 amide bonds. The lowest BCUT2D eigenvalue weighted by Crippen LogP contribution is -2.16. The summed E-state index contributed by atoms with van der Waals surface area (Å²) in [6.45, 7) is -0.0174. The molecule has 156 valence electrons. The smallest absolute Gasteiger partial charge is 0.379 e. The number of aromatic nitrogens is 2. The first kappa shape index (κ1) is 21.2. The van der Waals surface area contributed by atoms with Gasteiger partial charge in [-0.2, -0.15) is 13.2 Å². The molecule has 0 fully saturated rings. The van der Waals surface area contributed by atoms with E-state index in [1.54, 1.807) is 23.7 Å². The minimum atomic E-state index is -4.69. The van der Waals surface area contributed by atoms with Crippen molar-refractivity contribution in [1.29, 1.82) is 0 Å². The average Bonchev–Trinajstić information content (AvgIpc) is 3.16. The van der Waals surface area contributed by atoms with E-state index in [9.17, 15) is 28.1 Å². The van der Waals surface area contributed by atoms with E-state index in [0.717, 1.165) is 12.1 Å². The van der Waals surface area contributed by atoms with Crippen molar-refractivity contribution in [1.82, 2.24) is 9.97 Å². The zero-order valence-electron chi connectivity index (χ0n) is 15.1. The summed E-state index contributed by atoms with van der Waals surface area (Å²) in [6.07, 6.45) is -3.14. The molecule has 0 bridgehead atoms. The molecule has 0 atom stereocenters. The van der Waals surface area contributed by atoms with E-state index in [1.807, 2.05) is 6.07 Å². The summed E-state index contributed by atoms with van der Waals surface area (Å²) in [4.78, 5) is 30.7. The number of rotatable bonds is 7. The second-order valence-corrected chi connectivity index (χ2v) is 6.82. The van der Waals surface area contributed by atoms with Crippen LogP contribution in [0.4, 0.5) is 29.7 Å². The molecule has 12 heteroatoms. The number of nitro groups is 1. The molecule has 3 rings (SSSR count). The monoisotopic (exact) mass is 437 g/mol. The summed E-state index contributed by atoms with van der Waals surface area (Å²) in [5, 5.41) is 18.4. The highest BCUT2D eigenvalue weighted by atomic mass is 32.1. The molecule has 2 heterocycles. The molecule has 0 spiro atoms. The number of nitrogens with zero attached hydrogens (tertiary/aromatic N) is 3. The molecule has 1 aromatic carbocycles. The lowest BCUT2D eigenvalue weighted by Gasteiger charge is -2.10. The number of alkyl halides is 3. The Morgan fingerprint density at radius 2 is 2.00 bits per heavy atom. The molecule has 0 radical (unpaired) electrons. The molecule has 0 unspecified atom stereocenters. The summed E-state index contributed by atoms with van der Waals surface area (Å²) >= 11 is 1.21. The average molecular weight is 437 g/mol. The first-order valence-corrected chi connectivity index (χ1v) is 9.38. The molecular formula is C18H14F3N5O3S. The highest BCUT2D eigenvalue weighted by Crippen LogP contribution is 2.35. The Morgan fingerprint density at radius 1 is 1.20 bits per heavy atom. The Kier molecular flexibility index (Phi) is 6.26. The zero-order chi connectivity index (χ0) is 21.7. The van der Waals surface area contributed by atoms with Crippen LogP contribution in [0.25, 0.3) is 11.4 Å². The van der Waals surface area contributed by atoms with Gasteiger partial charge in [0.25, 0.3) is 5.69 Å². The van der Waals surface area contributed by atoms with E-state index >= 15 is 0 Å². The van der Waals surface area contributed by atoms with Crippen LogP contribution in [0, 0.1) is 10.1 Å². The van der Waals surface area contributed by atoms with Gasteiger partial charge < -0.3 is 10.6 Å². The van der Waals surface area contributed by atoms with Crippen molar-refractivity contribution >= 4 is 33.8 Å². The molecule has 0 aliphatic rings. The number of nitrogens with one attached hydrogen (secondary N) is 2. The summed E-state index contributed by atoms with van der Waals surface area (Å²) in [7, 11) is 0. The van der Waals surface area contributed by atoms with Crippen LogP contribution in [-0.4, -0.2) is 27.3 Å². The minimum Gasteiger partial charge on any atom is -0.379 e. The highest BCUT2D eigenvalue weighted by molar-refractivity contribution is 7.14. The van der Waals surface area contributed by atoms with Crippen molar-refractivity contribution in [3.05, 3.63) is 63.7 Å². The van der Waals surface area contributed by atoms with Gasteiger partial charge in [0.1, 0.15) is 11.4 Å². The number of anilines is 2. The van der Waals surface area contributed by atoms with Gasteiger partial charge in [0.15, 0.2) is 5.13 Å². The second-order valence-electron chi connectivity index (χ2n) is 5.96. The molecule has 0 aliphatic carbocycles. The molecule has 8 nitrogen and oxygen atoms in total. The predicted molar refractivity (Wildman–Crippen MR) is 105 cm³/mol. The number of pyridine rings is 1. The van der Waals surface area contributed by atoms with Crippen molar-refractivity contribution in [3.8, 4) is 11.4 Å². The summed E-state index contributed by atoms with van der Waals surface area (Å²) < 4.78 is 38.2. The van der Waals surface area contributed by atoms with Crippen molar-refractivity contribution in [2.75, 3.05) is 17.2 Å². The number of nitro benzene ring substituents is 1. The second kappa shape index (κ2) is 8.86. The summed E-state index contributed by atoms with van der Waals surface area (Å²) in [5.74, 6) is -0.404. The van der Waals surface area contributed by atoms with E-state index in [-0.39, 0.29) is 18.7 Å². The van der Waals surface area contributed by atoms with Crippen molar-refractivity contribution in [2.45, 2.75) is 12.6 Å². The van der Waals surface area contributed by atoms with Crippen LogP contribution in [-0.2, 0) is 11.0 Å². The Labute approximate surface area is 171 Å². The third-order valence-corrected chi connectivity index (χ3v) is 4.62. The van der Waals surface area contributed by atoms with Gasteiger partial charge in [-0.1, -0.05) is 6.07 Å². The minimum absolute atomic E-state index is 0.0174. The number of hydrogen-bond donors (Lipinski definition) is 2. The van der Waals surface area contributed by atoms with Crippen LogP contribution in [0.15, 0.2) is 48.0 Å². The molecule has 2 aromatic heterocycles. The normalized spacial score (nSPS) is 11.2. The first-order chi connectivity index (χ1) is 14.2. The maximum atomic E-state index is 12.7. The molecule has 0 aliphatic heterocycles. The highest BCUT2D eigenvalue weighted by Gasteiger charge is 2.33. The Bertz CT molecular complexity index is 1060. The van der Waals surface area contributed by atoms with Crippen LogP contribution in [0.1, 0.15) is 12.0 Å². The van der Waals surface area contributed by atoms with Crippen LogP contribution in [0.2, 0.25) is 0 Å². The summed E-state index contributed by atoms with van der Waals surface area (Å²) in [5.41, 5.74) is -0.678. The van der Waals surface area contributed by atoms with E-state index in [0.29, 0.717) is 22.6 Å². The van der Waals surface area contributed by atoms with Crippen LogP contribution in [0.3, 0.4) is 0 Å². The van der Waals surface area contributed by atoms with Gasteiger partial charge in [-0.3, -0.25) is 19.9 Å². The van der Waals surface area contributed by atoms with Crippen molar-refractivity contribution in [3.63, 3.8) is 0 Å². The molecule has 2 N–H and O–H groups in total. The topological polar surface area (TPSA) is 110 Å². The van der Waals surface area contributed by atoms with Gasteiger partial charge in [-0.25, -0.2) is 4.98 Å². The zero-order valence-corrected chi connectivity index (χ0v) is 16.0. The van der Waals surface area contributed by atoms with Crippen LogP contribution >= 0.6 is 11.3 Å². The summed E-state index contributed by atoms with van der Waals surface area (Å²) in [6, 6.07) is 7.53. The Morgan fingerprint density at radius 3 is 2.67 bits per heavy atom. The first-order valence-electron chi connectivity index (χ1n) is 8.50. The van der Waals surface area contributed by atoms with Gasteiger partial charge in [0.05, 0.1) is 16.2 Å². The van der Waals surface area contributed by atoms with E-state index in [1.165, 1.54) is 11.3 Å². The maximum absolute atomic E-state index is 12.7. The number of carbonyl (C=O) groups is 1. The van der Waals surface area contributed by atoms with Crippen molar-refractivity contribution < 1.29 is 22.9 Å². The largest absolute Gasteiger partial charge is 0.416 e. The van der Waals surface area contributed by atoms with Gasteiger partial charge in [-0.15, -0.1) is 11.3 Å². The van der Waals surface area contributed by atoms with Crippen molar-refractivity contribution in [2.24, 2.45) is 0 Å². The molecule has 30 heavy (non-hydrogen) atoms. The number of halogens is 3. The van der Waals surface area contributed by atoms with E-state index in [2.05, 4.69) is 20.6 Å². The lowest BCUT2D eigenvalue weighted by atomic mass is 10.1. The standard InChI is InChI=1S/C18H14F3N5O3S/c19-18(20,21)11-4-5-13(15(9-11)26(28)29)23-8-6-16(27)25-17-24-14(10-30-17)12-3-1-2-7-22-12/h1-5,7,9-10,23H,6,8H2,(H,24,25,27). The quantitative estimate of drug-likeness (QED) is 0.414. The van der Waals surface area contributed by atoms with E-state index < -0.39 is 28.3 Å². The number of hydrogen-bond acceptors (Lipinski definition) is 7. The number of benzene rings is 1. The number of amides is 1. The van der Waals surface area contributed by atoms with Crippen LogP contribution in [0.5, 0.6) is 0 Å². The maximum Gasteiger partial charge on any atom is 0.416 e. The molecule has 0 saturated carbocycles. The molecular weight excluding hydrogens is 423 g/mol. The molecule has 0 saturated heterocycles. The fourth-order valence-electron chi connectivity index (χ4n) is 2.46. The molecule has 3 aromatic rings. The lowest BCUT2D eigenvalue weighted by molar-refractivity contribution is -0.384. The van der Waals surface area contributed by atoms with Crippen LogP contribution < -0.4 is 10.6 Å².